The molecule has 0 spiro atoms. The average molecular weight is 298 g/mol. The standard InChI is InChI=1S/C13H13BrFNO/c1-9-4-5-17-13(9)8-16-7-10-6-11(14)2-3-12(10)15/h2-6,16H,7-8H2,1H3. The lowest BCUT2D eigenvalue weighted by atomic mass is 10.2. The van der Waals surface area contributed by atoms with Crippen molar-refractivity contribution in [1.82, 2.24) is 5.32 Å². The fourth-order valence-corrected chi connectivity index (χ4v) is 1.98. The zero-order valence-corrected chi connectivity index (χ0v) is 11.1. The number of halogens is 2. The molecule has 0 bridgehead atoms. The Morgan fingerprint density at radius 2 is 2.12 bits per heavy atom. The first-order valence-electron chi connectivity index (χ1n) is 5.34. The van der Waals surface area contributed by atoms with Gasteiger partial charge in [-0.25, -0.2) is 4.39 Å². The second kappa shape index (κ2) is 5.47. The number of hydrogen-bond donors (Lipinski definition) is 1. The molecule has 1 N–H and O–H groups in total. The van der Waals surface area contributed by atoms with Gasteiger partial charge in [0.15, 0.2) is 0 Å². The maximum absolute atomic E-state index is 13.4. The van der Waals surface area contributed by atoms with Crippen LogP contribution in [0.2, 0.25) is 0 Å². The molecule has 1 aromatic carbocycles. The number of rotatable bonds is 4. The van der Waals surface area contributed by atoms with Gasteiger partial charge in [0, 0.05) is 16.6 Å². The summed E-state index contributed by atoms with van der Waals surface area (Å²) in [4.78, 5) is 0. The van der Waals surface area contributed by atoms with Crippen LogP contribution in [0, 0.1) is 12.7 Å². The van der Waals surface area contributed by atoms with Crippen molar-refractivity contribution < 1.29 is 8.81 Å². The van der Waals surface area contributed by atoms with Crippen LogP contribution >= 0.6 is 15.9 Å². The first-order chi connectivity index (χ1) is 8.16. The van der Waals surface area contributed by atoms with Gasteiger partial charge in [0.05, 0.1) is 12.8 Å². The van der Waals surface area contributed by atoms with Crippen LogP contribution in [-0.4, -0.2) is 0 Å². The summed E-state index contributed by atoms with van der Waals surface area (Å²) in [6.45, 7) is 3.07. The average Bonchev–Trinajstić information content (AvgIpc) is 2.70. The Labute approximate surface area is 108 Å². The second-order valence-electron chi connectivity index (χ2n) is 3.87. The van der Waals surface area contributed by atoms with E-state index in [0.29, 0.717) is 18.7 Å². The molecule has 0 atom stereocenters. The maximum atomic E-state index is 13.4. The predicted octanol–water partition coefficient (Wildman–Crippen LogP) is 3.78. The lowest BCUT2D eigenvalue weighted by Gasteiger charge is -2.05. The molecule has 0 unspecified atom stereocenters. The molecule has 0 saturated carbocycles. The number of benzene rings is 1. The van der Waals surface area contributed by atoms with Crippen LogP contribution in [0.25, 0.3) is 0 Å². The summed E-state index contributed by atoms with van der Waals surface area (Å²) in [6.07, 6.45) is 1.66. The molecule has 17 heavy (non-hydrogen) atoms. The van der Waals surface area contributed by atoms with E-state index in [1.54, 1.807) is 18.4 Å². The van der Waals surface area contributed by atoms with Gasteiger partial charge in [-0.1, -0.05) is 15.9 Å². The molecule has 0 radical (unpaired) electrons. The van der Waals surface area contributed by atoms with Crippen molar-refractivity contribution in [3.63, 3.8) is 0 Å². The number of nitrogens with one attached hydrogen (secondary N) is 1. The Hall–Kier alpha value is -1.13. The van der Waals surface area contributed by atoms with E-state index < -0.39 is 0 Å². The fourth-order valence-electron chi connectivity index (χ4n) is 1.57. The highest BCUT2D eigenvalue weighted by Gasteiger charge is 2.04. The molecule has 90 valence electrons. The molecule has 0 aliphatic carbocycles. The Kier molecular flexibility index (Phi) is 3.97. The summed E-state index contributed by atoms with van der Waals surface area (Å²) in [7, 11) is 0. The van der Waals surface area contributed by atoms with Gasteiger partial charge in [-0.3, -0.25) is 0 Å². The summed E-state index contributed by atoms with van der Waals surface area (Å²) in [5, 5.41) is 3.16. The lowest BCUT2D eigenvalue weighted by Crippen LogP contribution is -2.13. The molecule has 2 nitrogen and oxygen atoms in total. The van der Waals surface area contributed by atoms with Crippen molar-refractivity contribution in [3.05, 3.63) is 57.7 Å². The van der Waals surface area contributed by atoms with Crippen LogP contribution in [0.1, 0.15) is 16.9 Å². The minimum absolute atomic E-state index is 0.197. The van der Waals surface area contributed by atoms with Gasteiger partial charge in [0.1, 0.15) is 11.6 Å². The van der Waals surface area contributed by atoms with Crippen LogP contribution in [-0.2, 0) is 13.1 Å². The molecule has 0 amide bonds. The monoisotopic (exact) mass is 297 g/mol. The van der Waals surface area contributed by atoms with Crippen LogP contribution in [0.3, 0.4) is 0 Å². The van der Waals surface area contributed by atoms with E-state index in [0.717, 1.165) is 15.8 Å². The maximum Gasteiger partial charge on any atom is 0.127 e. The van der Waals surface area contributed by atoms with Gasteiger partial charge in [-0.2, -0.15) is 0 Å². The highest BCUT2D eigenvalue weighted by Crippen LogP contribution is 2.15. The van der Waals surface area contributed by atoms with Gasteiger partial charge in [0.25, 0.3) is 0 Å². The van der Waals surface area contributed by atoms with E-state index in [1.165, 1.54) is 6.07 Å². The Morgan fingerprint density at radius 3 is 2.82 bits per heavy atom. The third kappa shape index (κ3) is 3.17. The van der Waals surface area contributed by atoms with Gasteiger partial charge in [-0.15, -0.1) is 0 Å². The van der Waals surface area contributed by atoms with Crippen LogP contribution < -0.4 is 5.32 Å². The van der Waals surface area contributed by atoms with Crippen molar-refractivity contribution in [1.29, 1.82) is 0 Å². The smallest absolute Gasteiger partial charge is 0.127 e. The molecular formula is C13H13BrFNO. The van der Waals surface area contributed by atoms with E-state index in [-0.39, 0.29) is 5.82 Å². The van der Waals surface area contributed by atoms with Crippen LogP contribution in [0.15, 0.2) is 39.4 Å². The first kappa shape index (κ1) is 12.3. The normalized spacial score (nSPS) is 10.8. The topological polar surface area (TPSA) is 25.2 Å². The summed E-state index contributed by atoms with van der Waals surface area (Å²) < 4.78 is 19.6. The highest BCUT2D eigenvalue weighted by molar-refractivity contribution is 9.10. The minimum atomic E-state index is -0.197. The lowest BCUT2D eigenvalue weighted by molar-refractivity contribution is 0.477. The van der Waals surface area contributed by atoms with Crippen molar-refractivity contribution in [3.8, 4) is 0 Å². The zero-order valence-electron chi connectivity index (χ0n) is 9.47. The predicted molar refractivity (Wildman–Crippen MR) is 68.1 cm³/mol. The van der Waals surface area contributed by atoms with E-state index in [4.69, 9.17) is 4.42 Å². The van der Waals surface area contributed by atoms with Crippen molar-refractivity contribution in [2.75, 3.05) is 0 Å². The summed E-state index contributed by atoms with van der Waals surface area (Å²) in [5.41, 5.74) is 1.75. The number of aryl methyl sites for hydroxylation is 1. The van der Waals surface area contributed by atoms with E-state index in [9.17, 15) is 4.39 Å². The molecule has 0 saturated heterocycles. The van der Waals surface area contributed by atoms with E-state index >= 15 is 0 Å². The molecule has 2 rings (SSSR count). The van der Waals surface area contributed by atoms with Gasteiger partial charge in [0.2, 0.25) is 0 Å². The van der Waals surface area contributed by atoms with E-state index in [2.05, 4.69) is 21.2 Å². The van der Waals surface area contributed by atoms with E-state index in [1.807, 2.05) is 13.0 Å². The Bertz CT molecular complexity index is 510. The fraction of sp³-hybridized carbons (Fsp3) is 0.231. The molecule has 2 aromatic rings. The third-order valence-corrected chi connectivity index (χ3v) is 3.07. The quantitative estimate of drug-likeness (QED) is 0.929. The molecule has 0 aliphatic rings. The zero-order chi connectivity index (χ0) is 12.3. The van der Waals surface area contributed by atoms with Crippen LogP contribution in [0.4, 0.5) is 4.39 Å². The third-order valence-electron chi connectivity index (χ3n) is 2.58. The molecule has 4 heteroatoms. The summed E-state index contributed by atoms with van der Waals surface area (Å²) in [6, 6.07) is 6.84. The van der Waals surface area contributed by atoms with Gasteiger partial charge in [-0.05, 0) is 36.8 Å². The summed E-state index contributed by atoms with van der Waals surface area (Å²) in [5.74, 6) is 0.692. The Balaban J connectivity index is 1.94. The largest absolute Gasteiger partial charge is 0.468 e. The highest BCUT2D eigenvalue weighted by atomic mass is 79.9. The van der Waals surface area contributed by atoms with Gasteiger partial charge >= 0.3 is 0 Å². The Morgan fingerprint density at radius 1 is 1.29 bits per heavy atom. The second-order valence-corrected chi connectivity index (χ2v) is 4.78. The van der Waals surface area contributed by atoms with Crippen molar-refractivity contribution >= 4 is 15.9 Å². The molecule has 1 heterocycles. The summed E-state index contributed by atoms with van der Waals surface area (Å²) >= 11 is 3.33. The van der Waals surface area contributed by atoms with Crippen molar-refractivity contribution in [2.24, 2.45) is 0 Å². The molecule has 0 aliphatic heterocycles. The van der Waals surface area contributed by atoms with Gasteiger partial charge < -0.3 is 9.73 Å². The molecule has 0 fully saturated rings. The number of furan rings is 1. The SMILES string of the molecule is Cc1ccoc1CNCc1cc(Br)ccc1F. The minimum Gasteiger partial charge on any atom is -0.468 e. The molecule has 1 aromatic heterocycles. The molecular weight excluding hydrogens is 285 g/mol. The first-order valence-corrected chi connectivity index (χ1v) is 6.14. The number of hydrogen-bond acceptors (Lipinski definition) is 2. The van der Waals surface area contributed by atoms with Crippen molar-refractivity contribution in [2.45, 2.75) is 20.0 Å². The van der Waals surface area contributed by atoms with Crippen LogP contribution in [0.5, 0.6) is 0 Å².